The van der Waals surface area contributed by atoms with Crippen molar-refractivity contribution in [2.45, 2.75) is 26.2 Å². The lowest BCUT2D eigenvalue weighted by atomic mass is 10.2. The molecule has 0 aromatic rings. The van der Waals surface area contributed by atoms with E-state index in [-0.39, 0.29) is 24.4 Å². The fraction of sp³-hybridized carbons (Fsp3) is 0.500. The quantitative estimate of drug-likeness (QED) is 0.503. The van der Waals surface area contributed by atoms with E-state index < -0.39 is 11.9 Å². The standard InChI is InChI=1S/2C6H10O3/c2*1-5(6(8)9)3-2-4-7/h3,7H,2,4H2,1H3,(H,8,9);7H,1-4H2,(H,8,9). The summed E-state index contributed by atoms with van der Waals surface area (Å²) < 4.78 is 0. The molecule has 0 spiro atoms. The van der Waals surface area contributed by atoms with Crippen LogP contribution >= 0.6 is 0 Å². The fourth-order valence-corrected chi connectivity index (χ4v) is 0.768. The summed E-state index contributed by atoms with van der Waals surface area (Å²) in [6, 6.07) is 0. The molecule has 104 valence electrons. The van der Waals surface area contributed by atoms with Gasteiger partial charge in [-0.1, -0.05) is 12.7 Å². The lowest BCUT2D eigenvalue weighted by Gasteiger charge is -1.94. The van der Waals surface area contributed by atoms with Crippen molar-refractivity contribution in [1.29, 1.82) is 0 Å². The first-order valence-corrected chi connectivity index (χ1v) is 5.39. The Kier molecular flexibility index (Phi) is 12.3. The first kappa shape index (κ1) is 18.7. The van der Waals surface area contributed by atoms with E-state index in [4.69, 9.17) is 20.4 Å². The van der Waals surface area contributed by atoms with Gasteiger partial charge in [0.05, 0.1) is 0 Å². The molecular weight excluding hydrogens is 240 g/mol. The SMILES string of the molecule is C=C(CCCO)C(=O)O.CC(=CCCO)C(=O)O. The van der Waals surface area contributed by atoms with Crippen LogP contribution in [0.15, 0.2) is 23.8 Å². The molecule has 0 aliphatic carbocycles. The molecule has 6 heteroatoms. The number of rotatable bonds is 7. The fourth-order valence-electron chi connectivity index (χ4n) is 0.768. The Balaban J connectivity index is 0. The molecule has 6 nitrogen and oxygen atoms in total. The molecule has 0 saturated carbocycles. The Bertz CT molecular complexity index is 306. The summed E-state index contributed by atoms with van der Waals surface area (Å²) in [7, 11) is 0. The average Bonchev–Trinajstić information content (AvgIpc) is 2.33. The molecule has 0 amide bonds. The third-order valence-corrected chi connectivity index (χ3v) is 1.86. The molecule has 18 heavy (non-hydrogen) atoms. The van der Waals surface area contributed by atoms with Gasteiger partial charge >= 0.3 is 11.9 Å². The van der Waals surface area contributed by atoms with Crippen LogP contribution in [0, 0.1) is 0 Å². The molecule has 0 aromatic carbocycles. The second-order valence-corrected chi connectivity index (χ2v) is 3.44. The van der Waals surface area contributed by atoms with Crippen molar-refractivity contribution in [1.82, 2.24) is 0 Å². The molecule has 4 N–H and O–H groups in total. The summed E-state index contributed by atoms with van der Waals surface area (Å²) in [5, 5.41) is 33.0. The summed E-state index contributed by atoms with van der Waals surface area (Å²) in [4.78, 5) is 20.1. The zero-order valence-corrected chi connectivity index (χ0v) is 10.4. The minimum absolute atomic E-state index is 0.00458. The Hall–Kier alpha value is -1.66. The molecule has 0 saturated heterocycles. The molecule has 0 unspecified atom stereocenters. The maximum Gasteiger partial charge on any atom is 0.330 e. The highest BCUT2D eigenvalue weighted by molar-refractivity contribution is 5.86. The minimum Gasteiger partial charge on any atom is -0.478 e. The van der Waals surface area contributed by atoms with Gasteiger partial charge in [-0.25, -0.2) is 9.59 Å². The Morgan fingerprint density at radius 1 is 1.11 bits per heavy atom. The highest BCUT2D eigenvalue weighted by Crippen LogP contribution is 2.00. The van der Waals surface area contributed by atoms with E-state index in [1.807, 2.05) is 0 Å². The van der Waals surface area contributed by atoms with Crippen molar-refractivity contribution >= 4 is 11.9 Å². The zero-order valence-electron chi connectivity index (χ0n) is 10.4. The highest BCUT2D eigenvalue weighted by Gasteiger charge is 2.01. The first-order chi connectivity index (χ1) is 8.36. The van der Waals surface area contributed by atoms with Gasteiger partial charge in [-0.2, -0.15) is 0 Å². The third kappa shape index (κ3) is 12.4. The predicted octanol–water partition coefficient (Wildman–Crippen LogP) is 0.799. The van der Waals surface area contributed by atoms with E-state index in [0.29, 0.717) is 19.3 Å². The van der Waals surface area contributed by atoms with Crippen LogP contribution in [0.2, 0.25) is 0 Å². The van der Waals surface area contributed by atoms with Gasteiger partial charge in [0.2, 0.25) is 0 Å². The molecule has 0 aliphatic heterocycles. The molecule has 0 fully saturated rings. The van der Waals surface area contributed by atoms with Gasteiger partial charge in [-0.15, -0.1) is 0 Å². The van der Waals surface area contributed by atoms with Crippen molar-refractivity contribution in [2.75, 3.05) is 13.2 Å². The number of carboxylic acid groups (broad SMARTS) is 2. The summed E-state index contributed by atoms with van der Waals surface area (Å²) in [5.41, 5.74) is 0.438. The average molecular weight is 260 g/mol. The smallest absolute Gasteiger partial charge is 0.330 e. The minimum atomic E-state index is -0.983. The number of aliphatic hydroxyl groups excluding tert-OH is 2. The lowest BCUT2D eigenvalue weighted by molar-refractivity contribution is -0.133. The van der Waals surface area contributed by atoms with Gasteiger partial charge in [-0.05, 0) is 26.2 Å². The van der Waals surface area contributed by atoms with Crippen molar-refractivity contribution in [3.05, 3.63) is 23.8 Å². The van der Waals surface area contributed by atoms with Crippen LogP contribution in [-0.4, -0.2) is 45.6 Å². The zero-order chi connectivity index (χ0) is 14.6. The summed E-state index contributed by atoms with van der Waals surface area (Å²) in [6.45, 7) is 4.80. The molecular formula is C12H20O6. The van der Waals surface area contributed by atoms with Gasteiger partial charge in [-0.3, -0.25) is 0 Å². The molecule has 0 atom stereocenters. The second-order valence-electron chi connectivity index (χ2n) is 3.44. The number of hydrogen-bond acceptors (Lipinski definition) is 4. The number of hydrogen-bond donors (Lipinski definition) is 4. The number of carboxylic acids is 2. The van der Waals surface area contributed by atoms with Crippen LogP contribution in [-0.2, 0) is 9.59 Å². The van der Waals surface area contributed by atoms with Crippen LogP contribution in [0.5, 0.6) is 0 Å². The molecule has 0 heterocycles. The largest absolute Gasteiger partial charge is 0.478 e. The van der Waals surface area contributed by atoms with Crippen molar-refractivity contribution < 1.29 is 30.0 Å². The number of carbonyl (C=O) groups is 2. The normalized spacial score (nSPS) is 10.3. The van der Waals surface area contributed by atoms with Gasteiger partial charge in [0.15, 0.2) is 0 Å². The summed E-state index contributed by atoms with van der Waals surface area (Å²) >= 11 is 0. The molecule has 0 rings (SSSR count). The summed E-state index contributed by atoms with van der Waals surface area (Å²) in [6.07, 6.45) is 2.75. The van der Waals surface area contributed by atoms with Crippen LogP contribution in [0.4, 0.5) is 0 Å². The second kappa shape index (κ2) is 11.8. The third-order valence-electron chi connectivity index (χ3n) is 1.86. The van der Waals surface area contributed by atoms with E-state index >= 15 is 0 Å². The van der Waals surface area contributed by atoms with Crippen molar-refractivity contribution in [3.63, 3.8) is 0 Å². The molecule has 0 aliphatic rings. The Morgan fingerprint density at radius 3 is 2.00 bits per heavy atom. The monoisotopic (exact) mass is 260 g/mol. The topological polar surface area (TPSA) is 115 Å². The van der Waals surface area contributed by atoms with E-state index in [0.717, 1.165) is 0 Å². The van der Waals surface area contributed by atoms with Gasteiger partial charge in [0, 0.05) is 24.4 Å². The van der Waals surface area contributed by atoms with Crippen LogP contribution < -0.4 is 0 Å². The van der Waals surface area contributed by atoms with Crippen molar-refractivity contribution in [3.8, 4) is 0 Å². The lowest BCUT2D eigenvalue weighted by Crippen LogP contribution is -1.99. The Labute approximate surface area is 106 Å². The van der Waals surface area contributed by atoms with Crippen molar-refractivity contribution in [2.24, 2.45) is 0 Å². The van der Waals surface area contributed by atoms with Crippen LogP contribution in [0.25, 0.3) is 0 Å². The first-order valence-electron chi connectivity index (χ1n) is 5.39. The van der Waals surface area contributed by atoms with Gasteiger partial charge < -0.3 is 20.4 Å². The van der Waals surface area contributed by atoms with E-state index in [1.165, 1.54) is 13.0 Å². The van der Waals surface area contributed by atoms with E-state index in [2.05, 4.69) is 6.58 Å². The van der Waals surface area contributed by atoms with E-state index in [1.54, 1.807) is 0 Å². The Morgan fingerprint density at radius 2 is 1.67 bits per heavy atom. The molecule has 0 bridgehead atoms. The van der Waals surface area contributed by atoms with E-state index in [9.17, 15) is 9.59 Å². The molecule has 0 aromatic heterocycles. The molecule has 0 radical (unpaired) electrons. The number of aliphatic carboxylic acids is 2. The van der Waals surface area contributed by atoms with Crippen LogP contribution in [0.1, 0.15) is 26.2 Å². The highest BCUT2D eigenvalue weighted by atomic mass is 16.4. The number of aliphatic hydroxyl groups is 2. The summed E-state index contributed by atoms with van der Waals surface area (Å²) in [5.74, 6) is -1.91. The van der Waals surface area contributed by atoms with Crippen LogP contribution in [0.3, 0.4) is 0 Å². The van der Waals surface area contributed by atoms with Gasteiger partial charge in [0.1, 0.15) is 0 Å². The maximum atomic E-state index is 10.1. The predicted molar refractivity (Wildman–Crippen MR) is 66.2 cm³/mol. The van der Waals surface area contributed by atoms with Gasteiger partial charge in [0.25, 0.3) is 0 Å². The maximum absolute atomic E-state index is 10.1.